The zero-order valence-corrected chi connectivity index (χ0v) is 10.9. The molecule has 18 heavy (non-hydrogen) atoms. The molecule has 0 spiro atoms. The van der Waals surface area contributed by atoms with Crippen LogP contribution in [0.1, 0.15) is 51.4 Å². The van der Waals surface area contributed by atoms with E-state index < -0.39 is 0 Å². The minimum Gasteiger partial charge on any atom is -0.385 e. The molecular formula is C16H21NO. The highest BCUT2D eigenvalue weighted by Gasteiger charge is 2.50. The van der Waals surface area contributed by atoms with Gasteiger partial charge >= 0.3 is 0 Å². The van der Waals surface area contributed by atoms with Crippen LogP contribution < -0.4 is 5.32 Å². The number of Topliss-reactive ketones (excluding diaryl/α,β-unsaturated/α-hetero) is 1. The molecule has 2 heteroatoms. The number of carbonyl (C=O) groups is 1. The van der Waals surface area contributed by atoms with Gasteiger partial charge in [0.1, 0.15) is 5.78 Å². The number of nitrogens with one attached hydrogen (secondary N) is 1. The number of rotatable bonds is 0. The lowest BCUT2D eigenvalue weighted by Crippen LogP contribution is -2.48. The highest BCUT2D eigenvalue weighted by Crippen LogP contribution is 2.58. The monoisotopic (exact) mass is 243 g/mol. The predicted molar refractivity (Wildman–Crippen MR) is 71.0 cm³/mol. The number of fused-ring (bicyclic) bond motifs is 1. The van der Waals surface area contributed by atoms with E-state index in [1.165, 1.54) is 43.4 Å². The van der Waals surface area contributed by atoms with Crippen LogP contribution in [-0.4, -0.2) is 12.3 Å². The van der Waals surface area contributed by atoms with E-state index in [2.05, 4.69) is 11.4 Å². The lowest BCUT2D eigenvalue weighted by atomic mass is 9.53. The van der Waals surface area contributed by atoms with Crippen LogP contribution in [0.15, 0.2) is 22.9 Å². The summed E-state index contributed by atoms with van der Waals surface area (Å²) in [6, 6.07) is 0. The van der Waals surface area contributed by atoms with Crippen LogP contribution in [0.4, 0.5) is 0 Å². The van der Waals surface area contributed by atoms with Crippen molar-refractivity contribution in [3.8, 4) is 0 Å². The maximum Gasteiger partial charge on any atom is 0.137 e. The molecule has 2 nitrogen and oxygen atoms in total. The van der Waals surface area contributed by atoms with E-state index in [9.17, 15) is 4.79 Å². The third-order valence-corrected chi connectivity index (χ3v) is 5.69. The Hall–Kier alpha value is -1.05. The van der Waals surface area contributed by atoms with Crippen molar-refractivity contribution in [2.24, 2.45) is 11.3 Å². The molecule has 3 aliphatic carbocycles. The van der Waals surface area contributed by atoms with Gasteiger partial charge in [0.2, 0.25) is 0 Å². The first kappa shape index (κ1) is 10.8. The lowest BCUT2D eigenvalue weighted by molar-refractivity contribution is -0.121. The highest BCUT2D eigenvalue weighted by atomic mass is 16.1. The average Bonchev–Trinajstić information content (AvgIpc) is 2.39. The predicted octanol–water partition coefficient (Wildman–Crippen LogP) is 3.10. The summed E-state index contributed by atoms with van der Waals surface area (Å²) in [7, 11) is 0. The summed E-state index contributed by atoms with van der Waals surface area (Å²) in [5.41, 5.74) is 4.85. The normalized spacial score (nSPS) is 38.6. The molecule has 1 N–H and O–H groups in total. The standard InChI is InChI=1S/C16H21NO/c18-12-5-6-16-7-8-17-15(14(16)10-12)9-11-3-1-2-4-13(11)16/h9,13,17H,1-8,10H2. The summed E-state index contributed by atoms with van der Waals surface area (Å²) in [6.07, 6.45) is 11.7. The number of hydrogen-bond donors (Lipinski definition) is 1. The van der Waals surface area contributed by atoms with Crippen LogP contribution in [0, 0.1) is 11.3 Å². The molecule has 4 aliphatic rings. The minimum atomic E-state index is 0.374. The first-order valence-corrected chi connectivity index (χ1v) is 7.49. The van der Waals surface area contributed by atoms with Crippen molar-refractivity contribution >= 4 is 5.78 Å². The topological polar surface area (TPSA) is 29.1 Å². The summed E-state index contributed by atoms with van der Waals surface area (Å²) in [6.45, 7) is 1.10. The molecule has 0 radical (unpaired) electrons. The summed E-state index contributed by atoms with van der Waals surface area (Å²) in [4.78, 5) is 11.8. The Kier molecular flexibility index (Phi) is 2.24. The van der Waals surface area contributed by atoms with Crippen LogP contribution in [-0.2, 0) is 4.79 Å². The molecule has 4 rings (SSSR count). The second-order valence-electron chi connectivity index (χ2n) is 6.46. The molecule has 2 fully saturated rings. The van der Waals surface area contributed by atoms with Gasteiger partial charge in [0.25, 0.3) is 0 Å². The van der Waals surface area contributed by atoms with Gasteiger partial charge in [-0.05, 0) is 49.7 Å². The molecule has 0 saturated heterocycles. The first-order valence-electron chi connectivity index (χ1n) is 7.49. The number of hydrogen-bond acceptors (Lipinski definition) is 2. The molecule has 0 amide bonds. The molecule has 2 unspecified atom stereocenters. The second kappa shape index (κ2) is 3.72. The van der Waals surface area contributed by atoms with E-state index in [4.69, 9.17) is 0 Å². The summed E-state index contributed by atoms with van der Waals surface area (Å²) in [5, 5.41) is 3.55. The fourth-order valence-corrected chi connectivity index (χ4v) is 4.86. The van der Waals surface area contributed by atoms with Gasteiger partial charge in [0.15, 0.2) is 0 Å². The molecular weight excluding hydrogens is 222 g/mol. The second-order valence-corrected chi connectivity index (χ2v) is 6.46. The van der Waals surface area contributed by atoms with Crippen molar-refractivity contribution in [3.05, 3.63) is 22.9 Å². The van der Waals surface area contributed by atoms with E-state index in [0.717, 1.165) is 31.7 Å². The van der Waals surface area contributed by atoms with Crippen LogP contribution in [0.3, 0.4) is 0 Å². The fourth-order valence-electron chi connectivity index (χ4n) is 4.86. The summed E-state index contributed by atoms with van der Waals surface area (Å²) >= 11 is 0. The molecule has 2 atom stereocenters. The molecule has 2 bridgehead atoms. The van der Waals surface area contributed by atoms with E-state index in [0.29, 0.717) is 11.2 Å². The SMILES string of the molecule is O=C1CCC23CCNC(=C2C1)C=C1CCCCC13. The minimum absolute atomic E-state index is 0.374. The van der Waals surface area contributed by atoms with Crippen LogP contribution in [0.5, 0.6) is 0 Å². The maximum absolute atomic E-state index is 11.8. The van der Waals surface area contributed by atoms with Gasteiger partial charge in [0, 0.05) is 30.5 Å². The van der Waals surface area contributed by atoms with Crippen molar-refractivity contribution in [1.82, 2.24) is 5.32 Å². The van der Waals surface area contributed by atoms with Crippen molar-refractivity contribution in [2.75, 3.05) is 6.54 Å². The molecule has 0 aromatic heterocycles. The highest BCUT2D eigenvalue weighted by molar-refractivity contribution is 5.83. The maximum atomic E-state index is 11.8. The molecule has 1 aliphatic heterocycles. The Balaban J connectivity index is 1.86. The van der Waals surface area contributed by atoms with Gasteiger partial charge in [0.05, 0.1) is 0 Å². The van der Waals surface area contributed by atoms with Gasteiger partial charge in [-0.15, -0.1) is 0 Å². The van der Waals surface area contributed by atoms with Crippen LogP contribution >= 0.6 is 0 Å². The summed E-state index contributed by atoms with van der Waals surface area (Å²) < 4.78 is 0. The van der Waals surface area contributed by atoms with Crippen molar-refractivity contribution in [3.63, 3.8) is 0 Å². The lowest BCUT2D eigenvalue weighted by Gasteiger charge is -2.53. The van der Waals surface area contributed by atoms with Crippen molar-refractivity contribution in [2.45, 2.75) is 51.4 Å². The Morgan fingerprint density at radius 1 is 1.22 bits per heavy atom. The number of allylic oxidation sites excluding steroid dienone is 3. The van der Waals surface area contributed by atoms with E-state index in [1.807, 2.05) is 0 Å². The third-order valence-electron chi connectivity index (χ3n) is 5.69. The van der Waals surface area contributed by atoms with Gasteiger partial charge in [-0.1, -0.05) is 12.0 Å². The first-order chi connectivity index (χ1) is 8.79. The zero-order valence-electron chi connectivity index (χ0n) is 10.9. The van der Waals surface area contributed by atoms with Crippen molar-refractivity contribution < 1.29 is 4.79 Å². The molecule has 1 heterocycles. The van der Waals surface area contributed by atoms with Crippen LogP contribution in [0.2, 0.25) is 0 Å². The zero-order chi connectivity index (χ0) is 12.2. The largest absolute Gasteiger partial charge is 0.385 e. The molecule has 96 valence electrons. The molecule has 0 aromatic carbocycles. The Bertz CT molecular complexity index is 473. The number of carbonyl (C=O) groups excluding carboxylic acids is 1. The van der Waals surface area contributed by atoms with Crippen molar-refractivity contribution in [1.29, 1.82) is 0 Å². The third kappa shape index (κ3) is 1.32. The Morgan fingerprint density at radius 3 is 3.11 bits per heavy atom. The van der Waals surface area contributed by atoms with Gasteiger partial charge < -0.3 is 5.32 Å². The van der Waals surface area contributed by atoms with Gasteiger partial charge in [-0.25, -0.2) is 0 Å². The van der Waals surface area contributed by atoms with Gasteiger partial charge in [-0.3, -0.25) is 4.79 Å². The van der Waals surface area contributed by atoms with E-state index in [-0.39, 0.29) is 0 Å². The number of ketones is 1. The molecule has 0 aromatic rings. The Labute approximate surface area is 109 Å². The Morgan fingerprint density at radius 2 is 2.17 bits per heavy atom. The van der Waals surface area contributed by atoms with Crippen LogP contribution in [0.25, 0.3) is 0 Å². The summed E-state index contributed by atoms with van der Waals surface area (Å²) in [5.74, 6) is 1.22. The smallest absolute Gasteiger partial charge is 0.137 e. The van der Waals surface area contributed by atoms with E-state index in [1.54, 1.807) is 5.57 Å². The quantitative estimate of drug-likeness (QED) is 0.708. The molecule has 2 saturated carbocycles. The fraction of sp³-hybridized carbons (Fsp3) is 0.688. The average molecular weight is 243 g/mol. The van der Waals surface area contributed by atoms with Gasteiger partial charge in [-0.2, -0.15) is 0 Å². The van der Waals surface area contributed by atoms with E-state index >= 15 is 0 Å².